The quantitative estimate of drug-likeness (QED) is 0.851. The number of hydrogen-bond acceptors (Lipinski definition) is 2. The number of urea groups is 1. The van der Waals surface area contributed by atoms with Crippen LogP contribution in [-0.2, 0) is 6.54 Å². The molecule has 19 heavy (non-hydrogen) atoms. The van der Waals surface area contributed by atoms with Gasteiger partial charge in [-0.1, -0.05) is 18.2 Å². The largest absolute Gasteiger partial charge is 0.356 e. The van der Waals surface area contributed by atoms with E-state index >= 15 is 0 Å². The molecule has 0 aliphatic carbocycles. The minimum atomic E-state index is -0.249. The average molecular weight is 257 g/mol. The van der Waals surface area contributed by atoms with Gasteiger partial charge in [-0.25, -0.2) is 4.79 Å². The average Bonchev–Trinajstić information content (AvgIpc) is 2.76. The first-order valence-electron chi connectivity index (χ1n) is 6.30. The van der Waals surface area contributed by atoms with Crippen molar-refractivity contribution in [2.45, 2.75) is 13.5 Å². The van der Waals surface area contributed by atoms with Crippen LogP contribution in [-0.4, -0.2) is 40.3 Å². The zero-order valence-electron chi connectivity index (χ0n) is 10.9. The number of hydrogen-bond donors (Lipinski definition) is 1. The fraction of sp³-hybridized carbons (Fsp3) is 0.286. The van der Waals surface area contributed by atoms with E-state index in [1.165, 1.54) is 11.9 Å². The van der Waals surface area contributed by atoms with E-state index in [0.29, 0.717) is 18.7 Å². The minimum Gasteiger partial charge on any atom is -0.356 e. The van der Waals surface area contributed by atoms with Gasteiger partial charge in [0, 0.05) is 30.2 Å². The third kappa shape index (κ3) is 1.62. The molecule has 0 radical (unpaired) electrons. The smallest absolute Gasteiger partial charge is 0.327 e. The first-order valence-corrected chi connectivity index (χ1v) is 6.30. The monoisotopic (exact) mass is 257 g/mol. The van der Waals surface area contributed by atoms with E-state index in [0.717, 1.165) is 16.6 Å². The van der Waals surface area contributed by atoms with E-state index in [2.05, 4.69) is 4.98 Å². The molecule has 5 nitrogen and oxygen atoms in total. The predicted octanol–water partition coefficient (Wildman–Crippen LogP) is 2.20. The Morgan fingerprint density at radius 2 is 2.00 bits per heavy atom. The molecule has 5 heteroatoms. The van der Waals surface area contributed by atoms with Crippen molar-refractivity contribution in [1.82, 2.24) is 14.8 Å². The van der Waals surface area contributed by atoms with Crippen molar-refractivity contribution in [3.05, 3.63) is 35.5 Å². The van der Waals surface area contributed by atoms with Crippen LogP contribution in [0.3, 0.4) is 0 Å². The van der Waals surface area contributed by atoms with Crippen LogP contribution in [0.1, 0.15) is 23.0 Å². The Kier molecular flexibility index (Phi) is 2.55. The summed E-state index contributed by atoms with van der Waals surface area (Å²) in [5, 5.41) is 0.875. The Labute approximate surface area is 110 Å². The normalized spacial score (nSPS) is 15.9. The molecule has 0 spiro atoms. The Bertz CT molecular complexity index is 674. The van der Waals surface area contributed by atoms with E-state index in [4.69, 9.17) is 0 Å². The molecule has 1 aromatic carbocycles. The van der Waals surface area contributed by atoms with Gasteiger partial charge in [0.2, 0.25) is 0 Å². The van der Waals surface area contributed by atoms with Crippen LogP contribution in [0.15, 0.2) is 24.3 Å². The van der Waals surface area contributed by atoms with Gasteiger partial charge in [-0.05, 0) is 13.0 Å². The molecule has 0 bridgehead atoms. The minimum absolute atomic E-state index is 0.242. The van der Waals surface area contributed by atoms with Crippen molar-refractivity contribution >= 4 is 22.8 Å². The van der Waals surface area contributed by atoms with Crippen LogP contribution in [0.25, 0.3) is 10.9 Å². The van der Waals surface area contributed by atoms with E-state index in [1.807, 2.05) is 31.2 Å². The number of nitrogens with zero attached hydrogens (tertiary/aromatic N) is 2. The summed E-state index contributed by atoms with van der Waals surface area (Å²) in [5.74, 6) is -0.242. The molecule has 1 N–H and O–H groups in total. The van der Waals surface area contributed by atoms with Gasteiger partial charge in [0.15, 0.2) is 0 Å². The summed E-state index contributed by atoms with van der Waals surface area (Å²) in [6.45, 7) is 2.92. The van der Waals surface area contributed by atoms with Crippen molar-refractivity contribution in [2.75, 3.05) is 13.6 Å². The van der Waals surface area contributed by atoms with Crippen molar-refractivity contribution < 1.29 is 9.59 Å². The highest BCUT2D eigenvalue weighted by molar-refractivity contribution is 6.13. The van der Waals surface area contributed by atoms with E-state index in [1.54, 1.807) is 4.90 Å². The van der Waals surface area contributed by atoms with Crippen molar-refractivity contribution in [1.29, 1.82) is 0 Å². The van der Waals surface area contributed by atoms with Gasteiger partial charge in [0.1, 0.15) is 0 Å². The summed E-state index contributed by atoms with van der Waals surface area (Å²) >= 11 is 0. The Hall–Kier alpha value is -2.30. The van der Waals surface area contributed by atoms with Crippen molar-refractivity contribution in [3.63, 3.8) is 0 Å². The molecule has 2 heterocycles. The summed E-state index contributed by atoms with van der Waals surface area (Å²) in [7, 11) is 1.53. The maximum absolute atomic E-state index is 12.4. The molecule has 98 valence electrons. The number of H-pyrrole nitrogens is 1. The maximum atomic E-state index is 12.4. The number of rotatable bonds is 1. The first kappa shape index (κ1) is 11.8. The van der Waals surface area contributed by atoms with Crippen LogP contribution < -0.4 is 0 Å². The molecular weight excluding hydrogens is 242 g/mol. The highest BCUT2D eigenvalue weighted by Gasteiger charge is 2.32. The Morgan fingerprint density at radius 1 is 1.26 bits per heavy atom. The zero-order valence-corrected chi connectivity index (χ0v) is 10.9. The third-order valence-corrected chi connectivity index (χ3v) is 3.59. The van der Waals surface area contributed by atoms with Gasteiger partial charge in [-0.2, -0.15) is 0 Å². The number of benzene rings is 1. The van der Waals surface area contributed by atoms with E-state index < -0.39 is 0 Å². The van der Waals surface area contributed by atoms with Gasteiger partial charge in [0.05, 0.1) is 12.1 Å². The van der Waals surface area contributed by atoms with Crippen LogP contribution in [0.4, 0.5) is 4.79 Å². The van der Waals surface area contributed by atoms with Crippen molar-refractivity contribution in [3.8, 4) is 0 Å². The standard InChI is InChI=1S/C14H15N3O2/c1-3-17-8-11-12(13(18)16(2)14(17)19)9-6-4-5-7-10(9)15-11/h4-7,15H,3,8H2,1-2H3. The number of nitrogens with one attached hydrogen (secondary N) is 1. The lowest BCUT2D eigenvalue weighted by Crippen LogP contribution is -2.41. The highest BCUT2D eigenvalue weighted by atomic mass is 16.2. The Morgan fingerprint density at radius 3 is 2.74 bits per heavy atom. The lowest BCUT2D eigenvalue weighted by Gasteiger charge is -2.22. The number of aromatic nitrogens is 1. The second-order valence-electron chi connectivity index (χ2n) is 4.69. The second-order valence-corrected chi connectivity index (χ2v) is 4.69. The Balaban J connectivity index is 2.24. The number of para-hydroxylation sites is 1. The van der Waals surface area contributed by atoms with Crippen molar-refractivity contribution in [2.24, 2.45) is 0 Å². The van der Waals surface area contributed by atoms with Crippen LogP contribution >= 0.6 is 0 Å². The number of aromatic amines is 1. The topological polar surface area (TPSA) is 56.4 Å². The molecule has 2 aromatic rings. The summed E-state index contributed by atoms with van der Waals surface area (Å²) < 4.78 is 0. The van der Waals surface area contributed by atoms with Gasteiger partial charge in [-0.3, -0.25) is 9.69 Å². The SMILES string of the molecule is CCN1Cc2[nH]c3ccccc3c2C(=O)N(C)C1=O. The molecule has 3 rings (SSSR count). The highest BCUT2D eigenvalue weighted by Crippen LogP contribution is 2.27. The maximum Gasteiger partial charge on any atom is 0.327 e. The van der Waals surface area contributed by atoms with E-state index in [9.17, 15) is 9.59 Å². The predicted molar refractivity (Wildman–Crippen MR) is 71.9 cm³/mol. The molecule has 1 aromatic heterocycles. The fourth-order valence-electron chi connectivity index (χ4n) is 2.53. The molecule has 1 aliphatic rings. The number of imide groups is 1. The first-order chi connectivity index (χ1) is 9.13. The lowest BCUT2D eigenvalue weighted by atomic mass is 10.1. The fourth-order valence-corrected chi connectivity index (χ4v) is 2.53. The number of fused-ring (bicyclic) bond motifs is 3. The van der Waals surface area contributed by atoms with Gasteiger partial charge >= 0.3 is 6.03 Å². The van der Waals surface area contributed by atoms with E-state index in [-0.39, 0.29) is 11.9 Å². The molecule has 0 unspecified atom stereocenters. The molecule has 3 amide bonds. The zero-order chi connectivity index (χ0) is 13.6. The number of carbonyl (C=O) groups is 2. The summed E-state index contributed by atoms with van der Waals surface area (Å²) in [6, 6.07) is 7.42. The van der Waals surface area contributed by atoms with Gasteiger partial charge in [0.25, 0.3) is 5.91 Å². The van der Waals surface area contributed by atoms with Gasteiger partial charge in [-0.15, -0.1) is 0 Å². The number of amides is 3. The van der Waals surface area contributed by atoms with Crippen LogP contribution in [0, 0.1) is 0 Å². The summed E-state index contributed by atoms with van der Waals surface area (Å²) in [6.07, 6.45) is 0. The van der Waals surface area contributed by atoms with Crippen LogP contribution in [0.2, 0.25) is 0 Å². The molecule has 1 aliphatic heterocycles. The molecule has 0 saturated carbocycles. The third-order valence-electron chi connectivity index (χ3n) is 3.59. The van der Waals surface area contributed by atoms with Crippen LogP contribution in [0.5, 0.6) is 0 Å². The summed E-state index contributed by atoms with van der Waals surface area (Å²) in [4.78, 5) is 30.6. The van der Waals surface area contributed by atoms with Gasteiger partial charge < -0.3 is 9.88 Å². The summed E-state index contributed by atoms with van der Waals surface area (Å²) in [5.41, 5.74) is 2.35. The lowest BCUT2D eigenvalue weighted by molar-refractivity contribution is 0.0811. The number of carbonyl (C=O) groups excluding carboxylic acids is 2. The molecule has 0 saturated heterocycles. The molecule has 0 atom stereocenters. The second kappa shape index (κ2) is 4.12. The molecular formula is C14H15N3O2. The molecule has 0 fully saturated rings.